The van der Waals surface area contributed by atoms with Crippen LogP contribution in [0, 0.1) is 0 Å². The van der Waals surface area contributed by atoms with Gasteiger partial charge in [-0.15, -0.1) is 0 Å². The van der Waals surface area contributed by atoms with E-state index >= 15 is 0 Å². The smallest absolute Gasteiger partial charge is 0.326 e. The van der Waals surface area contributed by atoms with E-state index in [0.717, 1.165) is 0 Å². The lowest BCUT2D eigenvalue weighted by atomic mass is 10.1. The maximum Gasteiger partial charge on any atom is 0.326 e. The highest BCUT2D eigenvalue weighted by Gasteiger charge is 2.20. The van der Waals surface area contributed by atoms with Crippen molar-refractivity contribution in [3.8, 4) is 0 Å². The third kappa shape index (κ3) is 8.08. The maximum absolute atomic E-state index is 11.2. The first-order valence-electron chi connectivity index (χ1n) is 5.28. The predicted molar refractivity (Wildman–Crippen MR) is 57.9 cm³/mol. The number of carbonyl (C=O) groups excluding carboxylic acids is 1. The fourth-order valence-electron chi connectivity index (χ4n) is 1.20. The summed E-state index contributed by atoms with van der Waals surface area (Å²) in [5.74, 6) is -4.15. The van der Waals surface area contributed by atoms with Gasteiger partial charge in [-0.2, -0.15) is 0 Å². The van der Waals surface area contributed by atoms with Gasteiger partial charge in [-0.05, 0) is 12.8 Å². The Kier molecular flexibility index (Phi) is 7.10. The molecular weight excluding hydrogens is 246 g/mol. The Morgan fingerprint density at radius 2 is 1.44 bits per heavy atom. The van der Waals surface area contributed by atoms with E-state index in [-0.39, 0.29) is 32.1 Å². The molecule has 8 heteroatoms. The average molecular weight is 261 g/mol. The van der Waals surface area contributed by atoms with Crippen molar-refractivity contribution < 1.29 is 34.5 Å². The van der Waals surface area contributed by atoms with Gasteiger partial charge in [-0.3, -0.25) is 14.4 Å². The first-order chi connectivity index (χ1) is 8.32. The molecule has 0 aliphatic carbocycles. The van der Waals surface area contributed by atoms with Crippen LogP contribution in [0.3, 0.4) is 0 Å². The molecule has 1 amide bonds. The van der Waals surface area contributed by atoms with E-state index < -0.39 is 29.9 Å². The Balaban J connectivity index is 4.10. The number of carboxylic acid groups (broad SMARTS) is 3. The Labute approximate surface area is 103 Å². The number of hydrogen-bond donors (Lipinski definition) is 4. The fraction of sp³-hybridized carbons (Fsp3) is 0.600. The molecule has 0 saturated carbocycles. The topological polar surface area (TPSA) is 141 Å². The summed E-state index contributed by atoms with van der Waals surface area (Å²) >= 11 is 0. The first kappa shape index (κ1) is 15.9. The standard InChI is InChI=1S/C10H15NO7/c12-7(4-5-9(15)16)11-6(10(17)18)2-1-3-8(13)14/h6H,1-5H2,(H,11,12)(H,13,14)(H,15,16)(H,17,18)/t6-/m0/s1. The minimum absolute atomic E-state index is 0.0134. The van der Waals surface area contributed by atoms with Crippen LogP contribution in [-0.2, 0) is 19.2 Å². The number of nitrogens with one attached hydrogen (secondary N) is 1. The van der Waals surface area contributed by atoms with Crippen molar-refractivity contribution in [3.63, 3.8) is 0 Å². The van der Waals surface area contributed by atoms with Crippen LogP contribution in [0.1, 0.15) is 32.1 Å². The third-order valence-electron chi connectivity index (χ3n) is 2.08. The highest BCUT2D eigenvalue weighted by atomic mass is 16.4. The van der Waals surface area contributed by atoms with Crippen LogP contribution in [0.15, 0.2) is 0 Å². The van der Waals surface area contributed by atoms with E-state index in [4.69, 9.17) is 15.3 Å². The number of carbonyl (C=O) groups is 4. The molecular formula is C10H15NO7. The van der Waals surface area contributed by atoms with Gasteiger partial charge in [0.25, 0.3) is 0 Å². The lowest BCUT2D eigenvalue weighted by Crippen LogP contribution is -2.40. The fourth-order valence-corrected chi connectivity index (χ4v) is 1.20. The van der Waals surface area contributed by atoms with E-state index in [0.29, 0.717) is 0 Å². The van der Waals surface area contributed by atoms with Crippen molar-refractivity contribution in [2.45, 2.75) is 38.1 Å². The van der Waals surface area contributed by atoms with Crippen molar-refractivity contribution in [2.24, 2.45) is 0 Å². The number of aliphatic carboxylic acids is 3. The Bertz CT molecular complexity index is 339. The molecule has 0 saturated heterocycles. The molecule has 0 bridgehead atoms. The molecule has 0 aromatic carbocycles. The summed E-state index contributed by atoms with van der Waals surface area (Å²) in [6, 6.07) is -1.19. The van der Waals surface area contributed by atoms with Crippen molar-refractivity contribution in [1.29, 1.82) is 0 Å². The van der Waals surface area contributed by atoms with Gasteiger partial charge in [0.05, 0.1) is 6.42 Å². The van der Waals surface area contributed by atoms with Crippen LogP contribution < -0.4 is 5.32 Å². The molecule has 0 rings (SSSR count). The van der Waals surface area contributed by atoms with E-state index in [9.17, 15) is 19.2 Å². The van der Waals surface area contributed by atoms with Gasteiger partial charge in [0.1, 0.15) is 6.04 Å². The predicted octanol–water partition coefficient (Wildman–Crippen LogP) is -0.324. The van der Waals surface area contributed by atoms with Crippen LogP contribution in [0.5, 0.6) is 0 Å². The zero-order valence-corrected chi connectivity index (χ0v) is 9.59. The quantitative estimate of drug-likeness (QED) is 0.445. The number of carboxylic acids is 3. The van der Waals surface area contributed by atoms with E-state index in [1.165, 1.54) is 0 Å². The minimum atomic E-state index is -1.27. The third-order valence-corrected chi connectivity index (χ3v) is 2.08. The molecule has 0 fully saturated rings. The Morgan fingerprint density at radius 3 is 1.89 bits per heavy atom. The molecule has 18 heavy (non-hydrogen) atoms. The van der Waals surface area contributed by atoms with Crippen LogP contribution in [0.4, 0.5) is 0 Å². The van der Waals surface area contributed by atoms with E-state index in [1.54, 1.807) is 0 Å². The van der Waals surface area contributed by atoms with Gasteiger partial charge in [-0.25, -0.2) is 4.79 Å². The Hall–Kier alpha value is -2.12. The number of hydrogen-bond acceptors (Lipinski definition) is 4. The molecule has 0 radical (unpaired) electrons. The molecule has 102 valence electrons. The minimum Gasteiger partial charge on any atom is -0.481 e. The largest absolute Gasteiger partial charge is 0.481 e. The highest BCUT2D eigenvalue weighted by Crippen LogP contribution is 2.02. The molecule has 0 aromatic heterocycles. The summed E-state index contributed by atoms with van der Waals surface area (Å²) in [4.78, 5) is 42.4. The monoisotopic (exact) mass is 261 g/mol. The molecule has 0 aromatic rings. The van der Waals surface area contributed by atoms with Gasteiger partial charge in [0, 0.05) is 12.8 Å². The van der Waals surface area contributed by atoms with Crippen molar-refractivity contribution in [3.05, 3.63) is 0 Å². The van der Waals surface area contributed by atoms with Crippen molar-refractivity contribution in [1.82, 2.24) is 5.32 Å². The summed E-state index contributed by atoms with van der Waals surface area (Å²) in [6.45, 7) is 0. The van der Waals surface area contributed by atoms with Crippen LogP contribution in [0.2, 0.25) is 0 Å². The van der Waals surface area contributed by atoms with Gasteiger partial charge in [-0.1, -0.05) is 0 Å². The van der Waals surface area contributed by atoms with Crippen LogP contribution in [0.25, 0.3) is 0 Å². The highest BCUT2D eigenvalue weighted by molar-refractivity contribution is 5.85. The molecule has 0 heterocycles. The SMILES string of the molecule is O=C(O)CCC[C@H](NC(=O)CCC(=O)O)C(=O)O. The Morgan fingerprint density at radius 1 is 0.889 bits per heavy atom. The van der Waals surface area contributed by atoms with Crippen LogP contribution >= 0.6 is 0 Å². The zero-order valence-electron chi connectivity index (χ0n) is 9.59. The average Bonchev–Trinajstić information content (AvgIpc) is 2.24. The summed E-state index contributed by atoms with van der Waals surface area (Å²) in [5, 5.41) is 27.7. The summed E-state index contributed by atoms with van der Waals surface area (Å²) in [7, 11) is 0. The zero-order chi connectivity index (χ0) is 14.1. The number of rotatable bonds is 9. The lowest BCUT2D eigenvalue weighted by Gasteiger charge is -2.13. The summed E-state index contributed by atoms with van der Waals surface area (Å²) < 4.78 is 0. The number of amides is 1. The second kappa shape index (κ2) is 8.04. The molecule has 0 aliphatic heterocycles. The second-order valence-corrected chi connectivity index (χ2v) is 3.64. The molecule has 8 nitrogen and oxygen atoms in total. The maximum atomic E-state index is 11.2. The molecule has 1 atom stereocenters. The van der Waals surface area contributed by atoms with Crippen molar-refractivity contribution >= 4 is 23.8 Å². The molecule has 0 spiro atoms. The molecule has 0 aliphatic rings. The van der Waals surface area contributed by atoms with E-state index in [2.05, 4.69) is 5.32 Å². The van der Waals surface area contributed by atoms with Crippen molar-refractivity contribution in [2.75, 3.05) is 0 Å². The second-order valence-electron chi connectivity index (χ2n) is 3.64. The van der Waals surface area contributed by atoms with Gasteiger partial charge >= 0.3 is 17.9 Å². The first-order valence-corrected chi connectivity index (χ1v) is 5.28. The van der Waals surface area contributed by atoms with Gasteiger partial charge in [0.15, 0.2) is 0 Å². The molecule has 0 unspecified atom stereocenters. The normalized spacial score (nSPS) is 11.6. The van der Waals surface area contributed by atoms with Gasteiger partial charge < -0.3 is 20.6 Å². The van der Waals surface area contributed by atoms with Crippen LogP contribution in [-0.4, -0.2) is 45.2 Å². The summed E-state index contributed by atoms with van der Waals surface area (Å²) in [5.41, 5.74) is 0. The van der Waals surface area contributed by atoms with E-state index in [1.807, 2.05) is 0 Å². The molecule has 4 N–H and O–H groups in total. The lowest BCUT2D eigenvalue weighted by molar-refractivity contribution is -0.143. The summed E-state index contributed by atoms with van der Waals surface area (Å²) in [6.07, 6.45) is -0.772. The van der Waals surface area contributed by atoms with Gasteiger partial charge in [0.2, 0.25) is 5.91 Å².